The Morgan fingerprint density at radius 2 is 1.96 bits per heavy atom. The summed E-state index contributed by atoms with van der Waals surface area (Å²) in [4.78, 5) is 11.9. The first-order valence-corrected chi connectivity index (χ1v) is 9.48. The van der Waals surface area contributed by atoms with Crippen LogP contribution in [0.1, 0.15) is 18.1 Å². The van der Waals surface area contributed by atoms with Gasteiger partial charge in [0, 0.05) is 0 Å². The molecule has 0 aliphatic carbocycles. The molecule has 1 heterocycles. The molecule has 1 aromatic heterocycles. The van der Waals surface area contributed by atoms with Crippen molar-refractivity contribution in [3.05, 3.63) is 46.8 Å². The molecule has 7 heteroatoms. The van der Waals surface area contributed by atoms with E-state index in [1.54, 1.807) is 30.5 Å². The fraction of sp³-hybridized carbons (Fsp3) is 0.312. The molecule has 2 rings (SSSR count). The van der Waals surface area contributed by atoms with Crippen LogP contribution in [0, 0.1) is 13.8 Å². The number of hydrogen-bond donors (Lipinski definition) is 0. The third-order valence-corrected chi connectivity index (χ3v) is 6.59. The van der Waals surface area contributed by atoms with Crippen LogP contribution in [0.3, 0.4) is 0 Å². The van der Waals surface area contributed by atoms with Gasteiger partial charge >= 0.3 is 5.97 Å². The predicted molar refractivity (Wildman–Crippen MR) is 91.4 cm³/mol. The van der Waals surface area contributed by atoms with Crippen LogP contribution in [-0.4, -0.2) is 27.5 Å². The molecule has 0 saturated carbocycles. The zero-order chi connectivity index (χ0) is 17.0. The number of esters is 1. The molecule has 0 spiro atoms. The van der Waals surface area contributed by atoms with Gasteiger partial charge in [-0.3, -0.25) is 9.10 Å². The lowest BCUT2D eigenvalue weighted by atomic mass is 10.1. The van der Waals surface area contributed by atoms with E-state index in [4.69, 9.17) is 4.74 Å². The number of sulfonamides is 1. The van der Waals surface area contributed by atoms with Crippen molar-refractivity contribution in [2.45, 2.75) is 25.0 Å². The second kappa shape index (κ2) is 7.14. The van der Waals surface area contributed by atoms with Crippen LogP contribution in [0.4, 0.5) is 5.69 Å². The molecular weight excluding hydrogens is 334 g/mol. The molecule has 0 radical (unpaired) electrons. The number of hydrogen-bond acceptors (Lipinski definition) is 5. The smallest absolute Gasteiger partial charge is 0.326 e. The number of rotatable bonds is 6. The van der Waals surface area contributed by atoms with E-state index >= 15 is 0 Å². The lowest BCUT2D eigenvalue weighted by Crippen LogP contribution is -2.36. The highest BCUT2D eigenvalue weighted by Crippen LogP contribution is 2.30. The van der Waals surface area contributed by atoms with Crippen molar-refractivity contribution in [3.8, 4) is 0 Å². The van der Waals surface area contributed by atoms with E-state index in [0.29, 0.717) is 5.69 Å². The zero-order valence-corrected chi connectivity index (χ0v) is 14.9. The maximum Gasteiger partial charge on any atom is 0.326 e. The Hall–Kier alpha value is -1.86. The highest BCUT2D eigenvalue weighted by Gasteiger charge is 2.29. The second-order valence-corrected chi connectivity index (χ2v) is 8.00. The van der Waals surface area contributed by atoms with E-state index in [1.165, 1.54) is 6.07 Å². The van der Waals surface area contributed by atoms with Crippen molar-refractivity contribution in [2.24, 2.45) is 0 Å². The van der Waals surface area contributed by atoms with E-state index < -0.39 is 16.0 Å². The topological polar surface area (TPSA) is 63.7 Å². The molecule has 0 saturated heterocycles. The fourth-order valence-corrected chi connectivity index (χ4v) is 4.72. The molecule has 0 amide bonds. The number of benzene rings is 1. The Kier molecular flexibility index (Phi) is 5.43. The predicted octanol–water partition coefficient (Wildman–Crippen LogP) is 3.12. The summed E-state index contributed by atoms with van der Waals surface area (Å²) >= 11 is 1.12. The van der Waals surface area contributed by atoms with Gasteiger partial charge < -0.3 is 4.74 Å². The SMILES string of the molecule is CCOC(=O)CN(c1cccc(C)c1C)S(=O)(=O)c1cccs1. The molecule has 1 aromatic carbocycles. The Morgan fingerprint density at radius 3 is 2.57 bits per heavy atom. The average Bonchev–Trinajstić information content (AvgIpc) is 3.03. The fourth-order valence-electron chi connectivity index (χ4n) is 2.15. The van der Waals surface area contributed by atoms with Crippen molar-refractivity contribution >= 4 is 33.0 Å². The number of nitrogens with zero attached hydrogens (tertiary/aromatic N) is 1. The molecule has 0 fully saturated rings. The summed E-state index contributed by atoms with van der Waals surface area (Å²) < 4.78 is 32.1. The summed E-state index contributed by atoms with van der Waals surface area (Å²) in [6.45, 7) is 5.29. The summed E-state index contributed by atoms with van der Waals surface area (Å²) in [6.07, 6.45) is 0. The molecule has 124 valence electrons. The first-order chi connectivity index (χ1) is 10.9. The lowest BCUT2D eigenvalue weighted by Gasteiger charge is -2.25. The van der Waals surface area contributed by atoms with Gasteiger partial charge in [0.15, 0.2) is 0 Å². The van der Waals surface area contributed by atoms with Gasteiger partial charge in [-0.2, -0.15) is 0 Å². The summed E-state index contributed by atoms with van der Waals surface area (Å²) in [5, 5.41) is 1.69. The van der Waals surface area contributed by atoms with Crippen LogP contribution in [0.5, 0.6) is 0 Å². The monoisotopic (exact) mass is 353 g/mol. The Labute approximate surface area is 140 Å². The largest absolute Gasteiger partial charge is 0.465 e. The first-order valence-electron chi connectivity index (χ1n) is 7.16. The van der Waals surface area contributed by atoms with Gasteiger partial charge in [-0.25, -0.2) is 8.42 Å². The number of thiophene rings is 1. The lowest BCUT2D eigenvalue weighted by molar-refractivity contribution is -0.141. The summed E-state index contributed by atoms with van der Waals surface area (Å²) in [6, 6.07) is 8.58. The molecule has 0 N–H and O–H groups in total. The Bertz CT molecular complexity index is 782. The third kappa shape index (κ3) is 3.73. The number of carbonyl (C=O) groups excluding carboxylic acids is 1. The molecule has 0 aliphatic rings. The van der Waals surface area contributed by atoms with Gasteiger partial charge in [-0.05, 0) is 49.4 Å². The normalized spacial score (nSPS) is 11.3. The van der Waals surface area contributed by atoms with Gasteiger partial charge in [0.1, 0.15) is 10.8 Å². The maximum atomic E-state index is 12.9. The third-order valence-electron chi connectivity index (χ3n) is 3.46. The minimum absolute atomic E-state index is 0.197. The van der Waals surface area contributed by atoms with Crippen LogP contribution in [-0.2, 0) is 19.6 Å². The Morgan fingerprint density at radius 1 is 1.22 bits per heavy atom. The van der Waals surface area contributed by atoms with Gasteiger partial charge in [-0.15, -0.1) is 11.3 Å². The maximum absolute atomic E-state index is 12.9. The summed E-state index contributed by atoms with van der Waals surface area (Å²) in [5.41, 5.74) is 2.26. The number of aryl methyl sites for hydroxylation is 1. The Balaban J connectivity index is 2.52. The van der Waals surface area contributed by atoms with Gasteiger partial charge in [0.25, 0.3) is 10.0 Å². The molecule has 0 atom stereocenters. The van der Waals surface area contributed by atoms with Crippen molar-refractivity contribution in [2.75, 3.05) is 17.5 Å². The number of anilines is 1. The minimum atomic E-state index is -3.81. The summed E-state index contributed by atoms with van der Waals surface area (Å²) in [5.74, 6) is -0.575. The van der Waals surface area contributed by atoms with E-state index in [0.717, 1.165) is 26.8 Å². The van der Waals surface area contributed by atoms with E-state index in [9.17, 15) is 13.2 Å². The van der Waals surface area contributed by atoms with Crippen molar-refractivity contribution in [3.63, 3.8) is 0 Å². The van der Waals surface area contributed by atoms with Crippen molar-refractivity contribution in [1.29, 1.82) is 0 Å². The van der Waals surface area contributed by atoms with Crippen LogP contribution in [0.15, 0.2) is 39.9 Å². The quantitative estimate of drug-likeness (QED) is 0.749. The highest BCUT2D eigenvalue weighted by molar-refractivity contribution is 7.94. The van der Waals surface area contributed by atoms with Crippen LogP contribution in [0.25, 0.3) is 0 Å². The standard InChI is InChI=1S/C16H19NO4S2/c1-4-21-15(18)11-17(14-8-5-7-12(2)13(14)3)23(19,20)16-9-6-10-22-16/h5-10H,4,11H2,1-3H3. The van der Waals surface area contributed by atoms with Gasteiger partial charge in [0.2, 0.25) is 0 Å². The zero-order valence-electron chi connectivity index (χ0n) is 13.3. The molecule has 2 aromatic rings. The molecule has 0 aliphatic heterocycles. The molecular formula is C16H19NO4S2. The van der Waals surface area contributed by atoms with E-state index in [2.05, 4.69) is 0 Å². The number of carbonyl (C=O) groups is 1. The first kappa shape index (κ1) is 17.5. The second-order valence-electron chi connectivity index (χ2n) is 4.97. The van der Waals surface area contributed by atoms with E-state index in [1.807, 2.05) is 19.9 Å². The van der Waals surface area contributed by atoms with Crippen LogP contribution in [0.2, 0.25) is 0 Å². The molecule has 5 nitrogen and oxygen atoms in total. The van der Waals surface area contributed by atoms with Crippen molar-refractivity contribution in [1.82, 2.24) is 0 Å². The van der Waals surface area contributed by atoms with Gasteiger partial charge in [0.05, 0.1) is 12.3 Å². The highest BCUT2D eigenvalue weighted by atomic mass is 32.2. The average molecular weight is 353 g/mol. The van der Waals surface area contributed by atoms with Gasteiger partial charge in [-0.1, -0.05) is 18.2 Å². The van der Waals surface area contributed by atoms with Crippen LogP contribution >= 0.6 is 11.3 Å². The molecule has 0 bridgehead atoms. The molecule has 0 unspecified atom stereocenters. The minimum Gasteiger partial charge on any atom is -0.465 e. The summed E-state index contributed by atoms with van der Waals surface area (Å²) in [7, 11) is -3.81. The molecule has 23 heavy (non-hydrogen) atoms. The number of ether oxygens (including phenoxy) is 1. The van der Waals surface area contributed by atoms with E-state index in [-0.39, 0.29) is 17.4 Å². The van der Waals surface area contributed by atoms with Crippen LogP contribution < -0.4 is 4.31 Å². The van der Waals surface area contributed by atoms with Crippen molar-refractivity contribution < 1.29 is 17.9 Å².